The molecule has 1 unspecified atom stereocenters. The topological polar surface area (TPSA) is 107 Å². The number of rotatable bonds is 7. The maximum atomic E-state index is 11.8. The molecule has 2 amide bonds. The molecule has 6 heteroatoms. The Balaban J connectivity index is 2.56. The molecule has 1 radical (unpaired) electrons. The molecule has 101 valence electrons. The third-order valence-electron chi connectivity index (χ3n) is 2.54. The van der Waals surface area contributed by atoms with E-state index >= 15 is 0 Å². The van der Waals surface area contributed by atoms with Crippen molar-refractivity contribution < 1.29 is 19.5 Å². The summed E-state index contributed by atoms with van der Waals surface area (Å²) in [5.41, 5.74) is 7.11. The Hall–Kier alpha value is -2.37. The summed E-state index contributed by atoms with van der Waals surface area (Å²) in [5, 5.41) is 11.4. The lowest BCUT2D eigenvalue weighted by molar-refractivity contribution is -0.139. The molecule has 0 bridgehead atoms. The molecule has 1 aromatic carbocycles. The summed E-state index contributed by atoms with van der Waals surface area (Å²) in [7, 11) is 0. The van der Waals surface area contributed by atoms with Crippen LogP contribution in [0.25, 0.3) is 0 Å². The van der Waals surface area contributed by atoms with Gasteiger partial charge in [0.2, 0.25) is 5.91 Å². The number of carboxylic acid groups (broad SMARTS) is 1. The van der Waals surface area contributed by atoms with Gasteiger partial charge >= 0.3 is 5.97 Å². The van der Waals surface area contributed by atoms with Crippen molar-refractivity contribution in [3.63, 3.8) is 0 Å². The quantitative estimate of drug-likeness (QED) is 0.760. The Morgan fingerprint density at radius 2 is 1.84 bits per heavy atom. The maximum Gasteiger partial charge on any atom is 0.326 e. The normalized spacial score (nSPS) is 11.6. The number of hydrogen-bond acceptors (Lipinski definition) is 3. The highest BCUT2D eigenvalue weighted by molar-refractivity contribution is 5.96. The van der Waals surface area contributed by atoms with Gasteiger partial charge in [-0.3, -0.25) is 15.3 Å². The number of nitrogens with one attached hydrogen (secondary N) is 2. The van der Waals surface area contributed by atoms with E-state index in [2.05, 4.69) is 5.32 Å². The fourth-order valence-electron chi connectivity index (χ4n) is 1.56. The van der Waals surface area contributed by atoms with E-state index in [0.29, 0.717) is 5.56 Å². The summed E-state index contributed by atoms with van der Waals surface area (Å²) in [4.78, 5) is 33.2. The summed E-state index contributed by atoms with van der Waals surface area (Å²) in [6.45, 7) is 0. The second kappa shape index (κ2) is 7.15. The Morgan fingerprint density at radius 3 is 2.37 bits per heavy atom. The molecule has 0 aromatic heterocycles. The van der Waals surface area contributed by atoms with Crippen molar-refractivity contribution in [3.8, 4) is 0 Å². The van der Waals surface area contributed by atoms with E-state index < -0.39 is 23.8 Å². The van der Waals surface area contributed by atoms with Crippen LogP contribution in [0, 0.1) is 0 Å². The zero-order chi connectivity index (χ0) is 14.3. The van der Waals surface area contributed by atoms with Crippen LogP contribution in [0.4, 0.5) is 0 Å². The van der Waals surface area contributed by atoms with Crippen molar-refractivity contribution in [2.75, 3.05) is 0 Å². The minimum absolute atomic E-state index is 0.00894. The van der Waals surface area contributed by atoms with Gasteiger partial charge in [-0.15, -0.1) is 0 Å². The van der Waals surface area contributed by atoms with Gasteiger partial charge in [0.1, 0.15) is 6.04 Å². The Kier molecular flexibility index (Phi) is 5.53. The van der Waals surface area contributed by atoms with Gasteiger partial charge < -0.3 is 10.4 Å². The molecule has 3 N–H and O–H groups in total. The van der Waals surface area contributed by atoms with Crippen molar-refractivity contribution in [3.05, 3.63) is 35.9 Å². The second-order valence-electron chi connectivity index (χ2n) is 4.05. The van der Waals surface area contributed by atoms with E-state index in [-0.39, 0.29) is 19.3 Å². The molecule has 0 aliphatic carbocycles. The van der Waals surface area contributed by atoms with E-state index in [0.717, 1.165) is 0 Å². The summed E-state index contributed by atoms with van der Waals surface area (Å²) < 4.78 is 0. The van der Waals surface area contributed by atoms with Crippen LogP contribution in [0.1, 0.15) is 29.6 Å². The van der Waals surface area contributed by atoms with Crippen LogP contribution in [0.3, 0.4) is 0 Å². The number of benzene rings is 1. The molecule has 1 aromatic rings. The molecule has 0 spiro atoms. The third-order valence-corrected chi connectivity index (χ3v) is 2.54. The van der Waals surface area contributed by atoms with Crippen molar-refractivity contribution in [2.45, 2.75) is 25.3 Å². The van der Waals surface area contributed by atoms with E-state index in [4.69, 9.17) is 10.8 Å². The zero-order valence-corrected chi connectivity index (χ0v) is 10.3. The lowest BCUT2D eigenvalue weighted by Gasteiger charge is -2.14. The minimum Gasteiger partial charge on any atom is -0.480 e. The molecular formula is C13H15N2O4. The molecule has 6 nitrogen and oxygen atoms in total. The predicted molar refractivity (Wildman–Crippen MR) is 67.3 cm³/mol. The van der Waals surface area contributed by atoms with E-state index in [1.165, 1.54) is 0 Å². The van der Waals surface area contributed by atoms with Crippen LogP contribution in [-0.4, -0.2) is 28.9 Å². The highest BCUT2D eigenvalue weighted by Gasteiger charge is 2.20. The van der Waals surface area contributed by atoms with Crippen molar-refractivity contribution >= 4 is 17.8 Å². The number of carbonyl (C=O) groups excluding carboxylic acids is 2. The molecule has 1 atom stereocenters. The highest BCUT2D eigenvalue weighted by atomic mass is 16.4. The van der Waals surface area contributed by atoms with Crippen LogP contribution in [0.15, 0.2) is 30.3 Å². The Labute approximate surface area is 110 Å². The largest absolute Gasteiger partial charge is 0.480 e. The first-order chi connectivity index (χ1) is 9.00. The highest BCUT2D eigenvalue weighted by Crippen LogP contribution is 2.04. The van der Waals surface area contributed by atoms with Crippen LogP contribution < -0.4 is 11.1 Å². The van der Waals surface area contributed by atoms with Gasteiger partial charge in [0.05, 0.1) is 0 Å². The molecule has 1 rings (SSSR count). The maximum absolute atomic E-state index is 11.8. The number of carbonyl (C=O) groups is 3. The number of hydrogen-bond donors (Lipinski definition) is 2. The molecule has 0 aliphatic heterocycles. The Bertz CT molecular complexity index is 459. The van der Waals surface area contributed by atoms with Crippen molar-refractivity contribution in [1.29, 1.82) is 0 Å². The minimum atomic E-state index is -1.15. The number of amides is 2. The van der Waals surface area contributed by atoms with E-state index in [1.54, 1.807) is 30.3 Å². The van der Waals surface area contributed by atoms with Gasteiger partial charge in [0.25, 0.3) is 5.91 Å². The molecule has 0 saturated heterocycles. The van der Waals surface area contributed by atoms with Gasteiger partial charge in [0, 0.05) is 12.0 Å². The fraction of sp³-hybridized carbons (Fsp3) is 0.308. The second-order valence-corrected chi connectivity index (χ2v) is 4.05. The Morgan fingerprint density at radius 1 is 1.21 bits per heavy atom. The van der Waals surface area contributed by atoms with Crippen LogP contribution in [-0.2, 0) is 9.59 Å². The van der Waals surface area contributed by atoms with E-state index in [9.17, 15) is 14.4 Å². The lowest BCUT2D eigenvalue weighted by atomic mass is 10.1. The van der Waals surface area contributed by atoms with Gasteiger partial charge in [-0.2, -0.15) is 0 Å². The molecular weight excluding hydrogens is 248 g/mol. The van der Waals surface area contributed by atoms with Crippen molar-refractivity contribution in [2.24, 2.45) is 0 Å². The van der Waals surface area contributed by atoms with Crippen molar-refractivity contribution in [1.82, 2.24) is 11.1 Å². The third kappa shape index (κ3) is 5.20. The van der Waals surface area contributed by atoms with Gasteiger partial charge in [0.15, 0.2) is 0 Å². The average molecular weight is 263 g/mol. The molecule has 0 heterocycles. The van der Waals surface area contributed by atoms with E-state index in [1.807, 2.05) is 0 Å². The summed E-state index contributed by atoms with van der Waals surface area (Å²) in [6, 6.07) is 7.24. The fourth-order valence-corrected chi connectivity index (χ4v) is 1.56. The number of carboxylic acids is 1. The van der Waals surface area contributed by atoms with Crippen LogP contribution >= 0.6 is 0 Å². The summed E-state index contributed by atoms with van der Waals surface area (Å²) in [5.74, 6) is -2.36. The summed E-state index contributed by atoms with van der Waals surface area (Å²) >= 11 is 0. The van der Waals surface area contributed by atoms with Gasteiger partial charge in [-0.25, -0.2) is 4.79 Å². The predicted octanol–water partition coefficient (Wildman–Crippen LogP) is 0.849. The molecule has 19 heavy (non-hydrogen) atoms. The first kappa shape index (κ1) is 14.7. The first-order valence-electron chi connectivity index (χ1n) is 5.84. The molecule has 0 fully saturated rings. The smallest absolute Gasteiger partial charge is 0.326 e. The molecule has 0 saturated carbocycles. The first-order valence-corrected chi connectivity index (χ1v) is 5.84. The van der Waals surface area contributed by atoms with Gasteiger partial charge in [-0.1, -0.05) is 18.2 Å². The SMILES string of the molecule is [NH]C(=O)CCCC(NC(=O)c1ccccc1)C(=O)O. The number of aliphatic carboxylic acids is 1. The lowest BCUT2D eigenvalue weighted by Crippen LogP contribution is -2.40. The summed E-state index contributed by atoms with van der Waals surface area (Å²) in [6.07, 6.45) is 0.373. The average Bonchev–Trinajstić information content (AvgIpc) is 2.37. The van der Waals surface area contributed by atoms with Crippen LogP contribution in [0.5, 0.6) is 0 Å². The van der Waals surface area contributed by atoms with Gasteiger partial charge in [-0.05, 0) is 25.0 Å². The zero-order valence-electron chi connectivity index (χ0n) is 10.3. The monoisotopic (exact) mass is 263 g/mol. The van der Waals surface area contributed by atoms with Crippen LogP contribution in [0.2, 0.25) is 0 Å². The molecule has 0 aliphatic rings. The standard InChI is InChI=1S/C13H15N2O4/c14-11(16)8-4-7-10(13(18)19)15-12(17)9-5-2-1-3-6-9/h1-3,5-6,10,14H,4,7-8H2,(H,15,17)(H,18,19).